The van der Waals surface area contributed by atoms with Gasteiger partial charge in [-0.3, -0.25) is 0 Å². The van der Waals surface area contributed by atoms with Crippen LogP contribution in [0.4, 0.5) is 0 Å². The molecule has 0 saturated heterocycles. The van der Waals surface area contributed by atoms with E-state index in [0.29, 0.717) is 6.42 Å². The molecule has 0 bridgehead atoms. The summed E-state index contributed by atoms with van der Waals surface area (Å²) < 4.78 is 0. The molecule has 1 heteroatoms. The molecule has 17 heavy (non-hydrogen) atoms. The molecule has 86 valence electrons. The van der Waals surface area contributed by atoms with Gasteiger partial charge in [-0.25, -0.2) is 0 Å². The number of hydrogen-bond donors (Lipinski definition) is 0. The highest BCUT2D eigenvalue weighted by Gasteiger charge is 2.16. The second-order valence-corrected chi connectivity index (χ2v) is 4.15. The third kappa shape index (κ3) is 4.53. The Kier molecular flexibility index (Phi) is 4.97. The van der Waals surface area contributed by atoms with Crippen molar-refractivity contribution in [2.75, 3.05) is 0 Å². The minimum absolute atomic E-state index is 0.456. The first-order valence-corrected chi connectivity index (χ1v) is 5.63. The molecular weight excluding hydrogens is 206 g/mol. The average molecular weight is 223 g/mol. The summed E-state index contributed by atoms with van der Waals surface area (Å²) in [5.74, 6) is 0. The molecule has 0 radical (unpaired) electrons. The van der Waals surface area contributed by atoms with Gasteiger partial charge in [0.05, 0.1) is 11.5 Å². The van der Waals surface area contributed by atoms with Gasteiger partial charge in [0, 0.05) is 0 Å². The van der Waals surface area contributed by atoms with Crippen molar-refractivity contribution in [1.29, 1.82) is 5.26 Å². The van der Waals surface area contributed by atoms with Crippen LogP contribution >= 0.6 is 0 Å². The van der Waals surface area contributed by atoms with Crippen LogP contribution in [0.1, 0.15) is 18.9 Å². The third-order valence-corrected chi connectivity index (χ3v) is 2.49. The van der Waals surface area contributed by atoms with Crippen molar-refractivity contribution in [2.24, 2.45) is 5.41 Å². The van der Waals surface area contributed by atoms with E-state index in [0.717, 1.165) is 5.56 Å². The van der Waals surface area contributed by atoms with Crippen molar-refractivity contribution in [3.05, 3.63) is 66.8 Å². The van der Waals surface area contributed by atoms with Gasteiger partial charge in [-0.1, -0.05) is 60.7 Å². The van der Waals surface area contributed by atoms with Gasteiger partial charge in [-0.15, -0.1) is 6.58 Å². The van der Waals surface area contributed by atoms with Crippen LogP contribution in [0, 0.1) is 16.7 Å². The Hall–Kier alpha value is -2.07. The molecular formula is C16H17N. The molecule has 0 N–H and O–H groups in total. The van der Waals surface area contributed by atoms with Gasteiger partial charge < -0.3 is 0 Å². The molecule has 1 nitrogen and oxygen atoms in total. The largest absolute Gasteiger partial charge is 0.197 e. The molecule has 0 aromatic heterocycles. The Morgan fingerprint density at radius 2 is 2.00 bits per heavy atom. The summed E-state index contributed by atoms with van der Waals surface area (Å²) in [5, 5.41) is 9.06. The van der Waals surface area contributed by atoms with Gasteiger partial charge in [0.1, 0.15) is 0 Å². The standard InChI is InChI=1S/C16H17N/c1-3-12-16(2,14-17)13-8-7-11-15-9-5-4-6-10-15/h3-11,13H,1,12H2,2H3/b11-7+,13-8+. The summed E-state index contributed by atoms with van der Waals surface area (Å²) in [7, 11) is 0. The maximum atomic E-state index is 9.06. The topological polar surface area (TPSA) is 23.8 Å². The minimum atomic E-state index is -0.456. The highest BCUT2D eigenvalue weighted by Crippen LogP contribution is 2.22. The van der Waals surface area contributed by atoms with Gasteiger partial charge in [0.15, 0.2) is 0 Å². The average Bonchev–Trinajstić information content (AvgIpc) is 2.36. The van der Waals surface area contributed by atoms with Crippen molar-refractivity contribution in [2.45, 2.75) is 13.3 Å². The van der Waals surface area contributed by atoms with Gasteiger partial charge in [-0.2, -0.15) is 5.26 Å². The van der Waals surface area contributed by atoms with Crippen molar-refractivity contribution in [1.82, 2.24) is 0 Å². The first kappa shape index (κ1) is 13.0. The van der Waals surface area contributed by atoms with Gasteiger partial charge in [-0.05, 0) is 18.9 Å². The molecule has 1 aromatic carbocycles. The Morgan fingerprint density at radius 3 is 2.59 bits per heavy atom. The van der Waals surface area contributed by atoms with E-state index in [-0.39, 0.29) is 0 Å². The predicted octanol–water partition coefficient (Wildman–Crippen LogP) is 4.36. The summed E-state index contributed by atoms with van der Waals surface area (Å²) in [4.78, 5) is 0. The SMILES string of the molecule is C=CCC(C)(C#N)/C=C/C=C/c1ccccc1. The number of benzene rings is 1. The van der Waals surface area contributed by atoms with Crippen LogP contribution in [0.3, 0.4) is 0 Å². The Morgan fingerprint density at radius 1 is 1.29 bits per heavy atom. The highest BCUT2D eigenvalue weighted by atomic mass is 14.3. The Labute approximate surface area is 103 Å². The molecule has 1 aromatic rings. The van der Waals surface area contributed by atoms with Crippen molar-refractivity contribution in [3.8, 4) is 6.07 Å². The lowest BCUT2D eigenvalue weighted by molar-refractivity contribution is 0.579. The molecule has 1 rings (SSSR count). The fourth-order valence-corrected chi connectivity index (χ4v) is 1.45. The molecule has 0 heterocycles. The molecule has 1 atom stereocenters. The van der Waals surface area contributed by atoms with Gasteiger partial charge in [0.25, 0.3) is 0 Å². The maximum absolute atomic E-state index is 9.06. The van der Waals surface area contributed by atoms with Gasteiger partial charge in [0.2, 0.25) is 0 Å². The maximum Gasteiger partial charge on any atom is 0.0762 e. The zero-order chi connectivity index (χ0) is 12.6. The first-order chi connectivity index (χ1) is 8.20. The number of nitriles is 1. The smallest absolute Gasteiger partial charge is 0.0762 e. The van der Waals surface area contributed by atoms with E-state index in [9.17, 15) is 0 Å². The molecule has 1 unspecified atom stereocenters. The summed E-state index contributed by atoms with van der Waals surface area (Å²) in [6, 6.07) is 12.4. The lowest BCUT2D eigenvalue weighted by Gasteiger charge is -2.12. The minimum Gasteiger partial charge on any atom is -0.197 e. The van der Waals surface area contributed by atoms with E-state index in [4.69, 9.17) is 5.26 Å². The normalized spacial score (nSPS) is 14.6. The van der Waals surface area contributed by atoms with Gasteiger partial charge >= 0.3 is 0 Å². The van der Waals surface area contributed by atoms with E-state index >= 15 is 0 Å². The lowest BCUT2D eigenvalue weighted by atomic mass is 9.88. The molecule has 0 aliphatic rings. The van der Waals surface area contributed by atoms with Crippen LogP contribution < -0.4 is 0 Å². The summed E-state index contributed by atoms with van der Waals surface area (Å²) in [5.41, 5.74) is 0.697. The second kappa shape index (κ2) is 6.50. The van der Waals surface area contributed by atoms with E-state index in [1.54, 1.807) is 6.08 Å². The van der Waals surface area contributed by atoms with Crippen molar-refractivity contribution >= 4 is 6.08 Å². The Bertz CT molecular complexity index is 448. The zero-order valence-electron chi connectivity index (χ0n) is 10.1. The molecule has 0 aliphatic carbocycles. The van der Waals surface area contributed by atoms with Crippen LogP contribution in [0.25, 0.3) is 6.08 Å². The third-order valence-electron chi connectivity index (χ3n) is 2.49. The zero-order valence-corrected chi connectivity index (χ0v) is 10.1. The van der Waals surface area contributed by atoms with Crippen LogP contribution in [0.15, 0.2) is 61.2 Å². The molecule has 0 amide bonds. The Balaban J connectivity index is 2.64. The first-order valence-electron chi connectivity index (χ1n) is 5.63. The van der Waals surface area contributed by atoms with Crippen molar-refractivity contribution < 1.29 is 0 Å². The van der Waals surface area contributed by atoms with E-state index in [1.807, 2.05) is 61.6 Å². The molecule has 0 fully saturated rings. The van der Waals surface area contributed by atoms with Crippen LogP contribution in [0.5, 0.6) is 0 Å². The summed E-state index contributed by atoms with van der Waals surface area (Å²) >= 11 is 0. The lowest BCUT2D eigenvalue weighted by Crippen LogP contribution is -2.07. The monoisotopic (exact) mass is 223 g/mol. The number of rotatable bonds is 5. The van der Waals surface area contributed by atoms with Crippen LogP contribution in [0.2, 0.25) is 0 Å². The highest BCUT2D eigenvalue weighted by molar-refractivity contribution is 5.50. The summed E-state index contributed by atoms with van der Waals surface area (Å²) in [6.07, 6.45) is 10.2. The molecule has 0 aliphatic heterocycles. The van der Waals surface area contributed by atoms with Crippen LogP contribution in [-0.2, 0) is 0 Å². The molecule has 0 spiro atoms. The second-order valence-electron chi connectivity index (χ2n) is 4.15. The number of allylic oxidation sites excluding steroid dienone is 4. The van der Waals surface area contributed by atoms with E-state index in [1.165, 1.54) is 0 Å². The fraction of sp³-hybridized carbons (Fsp3) is 0.188. The van der Waals surface area contributed by atoms with E-state index < -0.39 is 5.41 Å². The number of nitrogens with zero attached hydrogens (tertiary/aromatic N) is 1. The number of hydrogen-bond acceptors (Lipinski definition) is 1. The van der Waals surface area contributed by atoms with Crippen LogP contribution in [-0.4, -0.2) is 0 Å². The summed E-state index contributed by atoms with van der Waals surface area (Å²) in [6.45, 7) is 5.57. The van der Waals surface area contributed by atoms with Crippen molar-refractivity contribution in [3.63, 3.8) is 0 Å². The fourth-order valence-electron chi connectivity index (χ4n) is 1.45. The molecule has 0 saturated carbocycles. The quantitative estimate of drug-likeness (QED) is 0.537. The predicted molar refractivity (Wildman–Crippen MR) is 73.2 cm³/mol. The van der Waals surface area contributed by atoms with E-state index in [2.05, 4.69) is 12.6 Å².